The molecule has 0 aliphatic heterocycles. The average molecular weight is 173 g/mol. The largest absolute Gasteiger partial charge is 0.464 e. The molecule has 1 N–H and O–H groups in total. The third-order valence-corrected chi connectivity index (χ3v) is 1.54. The highest BCUT2D eigenvalue weighted by Crippen LogP contribution is 1.92. The number of carbonyl (C=O) groups excluding carboxylic acids is 2. The minimum atomic E-state index is -0.362. The number of Topliss-reactive ketones (excluding diaryl/α,β-unsaturated/α-hetero) is 1. The third kappa shape index (κ3) is 4.08. The van der Waals surface area contributed by atoms with Crippen molar-refractivity contribution in [2.45, 2.75) is 26.3 Å². The van der Waals surface area contributed by atoms with Gasteiger partial charge in [0.05, 0.1) is 0 Å². The van der Waals surface area contributed by atoms with Crippen molar-refractivity contribution in [3.05, 3.63) is 0 Å². The van der Waals surface area contributed by atoms with Crippen LogP contribution in [0.25, 0.3) is 0 Å². The molecule has 12 heavy (non-hydrogen) atoms. The van der Waals surface area contributed by atoms with Crippen LogP contribution in [-0.2, 0) is 14.3 Å². The Bertz CT molecular complexity index is 168. The molecule has 4 nitrogen and oxygen atoms in total. The second kappa shape index (κ2) is 5.71. The first-order valence-electron chi connectivity index (χ1n) is 3.95. The first kappa shape index (κ1) is 11.1. The number of nitrogens with one attached hydrogen (secondary N) is 1. The standard InChI is InChI=1S/C8H15NO3/c1-4-8(11)7(9-3)5-12-6(2)10/h7,9H,4-5H2,1-3H3. The van der Waals surface area contributed by atoms with Gasteiger partial charge in [0.15, 0.2) is 5.78 Å². The second-order valence-corrected chi connectivity index (χ2v) is 2.46. The Morgan fingerprint density at radius 3 is 2.42 bits per heavy atom. The summed E-state index contributed by atoms with van der Waals surface area (Å²) in [5, 5.41) is 2.78. The Kier molecular flexibility index (Phi) is 5.28. The Morgan fingerprint density at radius 2 is 2.08 bits per heavy atom. The van der Waals surface area contributed by atoms with Crippen molar-refractivity contribution < 1.29 is 14.3 Å². The van der Waals surface area contributed by atoms with Gasteiger partial charge in [0.25, 0.3) is 0 Å². The molecule has 0 rings (SSSR count). The van der Waals surface area contributed by atoms with E-state index >= 15 is 0 Å². The fraction of sp³-hybridized carbons (Fsp3) is 0.750. The number of hydrogen-bond acceptors (Lipinski definition) is 4. The molecule has 0 saturated carbocycles. The van der Waals surface area contributed by atoms with Gasteiger partial charge in [-0.05, 0) is 7.05 Å². The van der Waals surface area contributed by atoms with Gasteiger partial charge in [0, 0.05) is 13.3 Å². The molecule has 0 radical (unpaired) electrons. The first-order chi connectivity index (χ1) is 5.61. The molecule has 0 aliphatic carbocycles. The minimum absolute atomic E-state index is 0.0544. The van der Waals surface area contributed by atoms with E-state index in [9.17, 15) is 9.59 Å². The van der Waals surface area contributed by atoms with Crippen LogP contribution in [-0.4, -0.2) is 31.4 Å². The lowest BCUT2D eigenvalue weighted by Crippen LogP contribution is -2.38. The van der Waals surface area contributed by atoms with E-state index < -0.39 is 0 Å². The van der Waals surface area contributed by atoms with Crippen LogP contribution in [0.5, 0.6) is 0 Å². The van der Waals surface area contributed by atoms with Crippen molar-refractivity contribution >= 4 is 11.8 Å². The number of likely N-dealkylation sites (N-methyl/N-ethyl adjacent to an activating group) is 1. The van der Waals surface area contributed by atoms with Crippen LogP contribution in [0, 0.1) is 0 Å². The molecule has 0 aromatic rings. The Hall–Kier alpha value is -0.900. The highest BCUT2D eigenvalue weighted by Gasteiger charge is 2.14. The summed E-state index contributed by atoms with van der Waals surface area (Å²) in [6, 6.07) is -0.362. The second-order valence-electron chi connectivity index (χ2n) is 2.46. The predicted molar refractivity (Wildman–Crippen MR) is 44.8 cm³/mol. The molecule has 70 valence electrons. The van der Waals surface area contributed by atoms with Crippen molar-refractivity contribution in [2.24, 2.45) is 0 Å². The van der Waals surface area contributed by atoms with Crippen molar-refractivity contribution in [2.75, 3.05) is 13.7 Å². The SMILES string of the molecule is CCC(=O)C(COC(C)=O)NC. The summed E-state index contributed by atoms with van der Waals surface area (Å²) in [6.07, 6.45) is 0.451. The number of ether oxygens (including phenoxy) is 1. The van der Waals surface area contributed by atoms with Crippen molar-refractivity contribution in [1.82, 2.24) is 5.32 Å². The third-order valence-electron chi connectivity index (χ3n) is 1.54. The van der Waals surface area contributed by atoms with Crippen molar-refractivity contribution in [1.29, 1.82) is 0 Å². The summed E-state index contributed by atoms with van der Waals surface area (Å²) in [6.45, 7) is 3.22. The zero-order chi connectivity index (χ0) is 9.56. The van der Waals surface area contributed by atoms with Crippen LogP contribution in [0.2, 0.25) is 0 Å². The van der Waals surface area contributed by atoms with Crippen LogP contribution in [0.3, 0.4) is 0 Å². The number of rotatable bonds is 5. The Morgan fingerprint density at radius 1 is 1.50 bits per heavy atom. The predicted octanol–water partition coefficient (Wildman–Crippen LogP) is 0.117. The lowest BCUT2D eigenvalue weighted by Gasteiger charge is -2.12. The van der Waals surface area contributed by atoms with Crippen LogP contribution >= 0.6 is 0 Å². The molecule has 0 fully saturated rings. The molecule has 4 heteroatoms. The molecule has 1 atom stereocenters. The van der Waals surface area contributed by atoms with Crippen LogP contribution in [0.15, 0.2) is 0 Å². The lowest BCUT2D eigenvalue weighted by atomic mass is 10.1. The van der Waals surface area contributed by atoms with E-state index in [0.717, 1.165) is 0 Å². The van der Waals surface area contributed by atoms with E-state index in [1.165, 1.54) is 6.92 Å². The smallest absolute Gasteiger partial charge is 0.302 e. The minimum Gasteiger partial charge on any atom is -0.464 e. The van der Waals surface area contributed by atoms with Gasteiger partial charge in [-0.2, -0.15) is 0 Å². The van der Waals surface area contributed by atoms with Gasteiger partial charge in [0.1, 0.15) is 12.6 Å². The molecule has 0 saturated heterocycles. The van der Waals surface area contributed by atoms with Crippen molar-refractivity contribution in [3.63, 3.8) is 0 Å². The molecule has 0 bridgehead atoms. The van der Waals surface area contributed by atoms with E-state index in [-0.39, 0.29) is 24.4 Å². The number of hydrogen-bond donors (Lipinski definition) is 1. The maximum Gasteiger partial charge on any atom is 0.302 e. The van der Waals surface area contributed by atoms with E-state index in [0.29, 0.717) is 6.42 Å². The zero-order valence-electron chi connectivity index (χ0n) is 7.72. The number of esters is 1. The fourth-order valence-electron chi connectivity index (χ4n) is 0.784. The molecule has 0 spiro atoms. The normalized spacial score (nSPS) is 12.2. The van der Waals surface area contributed by atoms with Gasteiger partial charge in [-0.25, -0.2) is 0 Å². The maximum absolute atomic E-state index is 11.1. The summed E-state index contributed by atoms with van der Waals surface area (Å²) < 4.78 is 4.70. The van der Waals surface area contributed by atoms with Crippen molar-refractivity contribution in [3.8, 4) is 0 Å². The molecule has 0 heterocycles. The average Bonchev–Trinajstić information content (AvgIpc) is 2.04. The van der Waals surface area contributed by atoms with E-state index in [1.54, 1.807) is 14.0 Å². The first-order valence-corrected chi connectivity index (χ1v) is 3.95. The Labute approximate surface area is 72.3 Å². The summed E-state index contributed by atoms with van der Waals surface area (Å²) in [4.78, 5) is 21.5. The summed E-state index contributed by atoms with van der Waals surface area (Å²) >= 11 is 0. The quantitative estimate of drug-likeness (QED) is 0.600. The van der Waals surface area contributed by atoms with Crippen LogP contribution < -0.4 is 5.32 Å². The van der Waals surface area contributed by atoms with E-state index in [2.05, 4.69) is 5.32 Å². The highest BCUT2D eigenvalue weighted by atomic mass is 16.5. The van der Waals surface area contributed by atoms with Gasteiger partial charge in [-0.15, -0.1) is 0 Å². The molecular weight excluding hydrogens is 158 g/mol. The van der Waals surface area contributed by atoms with Gasteiger partial charge < -0.3 is 10.1 Å². The van der Waals surface area contributed by atoms with Crippen LogP contribution in [0.4, 0.5) is 0 Å². The molecule has 0 amide bonds. The summed E-state index contributed by atoms with van der Waals surface area (Å²) in [5.41, 5.74) is 0. The molecule has 1 unspecified atom stereocenters. The highest BCUT2D eigenvalue weighted by molar-refractivity contribution is 5.84. The summed E-state index contributed by atoms with van der Waals surface area (Å²) in [7, 11) is 1.67. The maximum atomic E-state index is 11.1. The monoisotopic (exact) mass is 173 g/mol. The topological polar surface area (TPSA) is 55.4 Å². The molecular formula is C8H15NO3. The van der Waals surface area contributed by atoms with Gasteiger partial charge in [-0.3, -0.25) is 9.59 Å². The molecule has 0 aromatic carbocycles. The fourth-order valence-corrected chi connectivity index (χ4v) is 0.784. The van der Waals surface area contributed by atoms with E-state index in [4.69, 9.17) is 4.74 Å². The van der Waals surface area contributed by atoms with Gasteiger partial charge in [0.2, 0.25) is 0 Å². The Balaban J connectivity index is 3.83. The van der Waals surface area contributed by atoms with Gasteiger partial charge in [-0.1, -0.05) is 6.92 Å². The number of carbonyl (C=O) groups is 2. The molecule has 0 aliphatic rings. The lowest BCUT2D eigenvalue weighted by molar-refractivity contribution is -0.142. The number of ketones is 1. The van der Waals surface area contributed by atoms with Gasteiger partial charge >= 0.3 is 5.97 Å². The molecule has 0 aromatic heterocycles. The zero-order valence-corrected chi connectivity index (χ0v) is 7.72. The summed E-state index contributed by atoms with van der Waals surface area (Å²) in [5.74, 6) is -0.307. The van der Waals surface area contributed by atoms with Crippen LogP contribution in [0.1, 0.15) is 20.3 Å². The van der Waals surface area contributed by atoms with E-state index in [1.807, 2.05) is 0 Å².